The van der Waals surface area contributed by atoms with E-state index in [0.29, 0.717) is 5.66 Å². The molecule has 1 nitrogen and oxygen atoms in total. The van der Waals surface area contributed by atoms with Gasteiger partial charge >= 0.3 is 0 Å². The maximum Gasteiger partial charge on any atom is 0.0963 e. The Morgan fingerprint density at radius 2 is 2.25 bits per heavy atom. The SMILES string of the molecule is C[P@]1(=O)CC(Br)=C2CCCC[C@@H]21. The van der Waals surface area contributed by atoms with Gasteiger partial charge in [0.2, 0.25) is 0 Å². The highest BCUT2D eigenvalue weighted by Gasteiger charge is 2.39. The highest BCUT2D eigenvalue weighted by atomic mass is 79.9. The van der Waals surface area contributed by atoms with Gasteiger partial charge in [0.05, 0.1) is 7.14 Å². The van der Waals surface area contributed by atoms with Crippen molar-refractivity contribution in [3.63, 3.8) is 0 Å². The van der Waals surface area contributed by atoms with Gasteiger partial charge in [-0.1, -0.05) is 22.4 Å². The third kappa shape index (κ3) is 1.33. The summed E-state index contributed by atoms with van der Waals surface area (Å²) in [6.07, 6.45) is 5.74. The lowest BCUT2D eigenvalue weighted by molar-refractivity contribution is 0.552. The first-order chi connectivity index (χ1) is 5.61. The molecule has 12 heavy (non-hydrogen) atoms. The molecule has 68 valence electrons. The Bertz CT molecular complexity index is 282. The fourth-order valence-electron chi connectivity index (χ4n) is 2.40. The van der Waals surface area contributed by atoms with Gasteiger partial charge < -0.3 is 4.57 Å². The third-order valence-corrected chi connectivity index (χ3v) is 7.09. The molecule has 2 atom stereocenters. The Labute approximate surface area is 82.1 Å². The predicted molar refractivity (Wildman–Crippen MR) is 56.6 cm³/mol. The number of fused-ring (bicyclic) bond motifs is 1. The molecular weight excluding hydrogens is 235 g/mol. The van der Waals surface area contributed by atoms with Crippen LogP contribution in [0.3, 0.4) is 0 Å². The van der Waals surface area contributed by atoms with E-state index in [0.717, 1.165) is 12.6 Å². The highest BCUT2D eigenvalue weighted by Crippen LogP contribution is 2.62. The van der Waals surface area contributed by atoms with E-state index in [4.69, 9.17) is 0 Å². The van der Waals surface area contributed by atoms with Crippen LogP contribution in [0.4, 0.5) is 0 Å². The topological polar surface area (TPSA) is 17.1 Å². The zero-order valence-corrected chi connectivity index (χ0v) is 9.83. The molecule has 0 aromatic heterocycles. The van der Waals surface area contributed by atoms with E-state index in [1.807, 2.05) is 6.66 Å². The van der Waals surface area contributed by atoms with Gasteiger partial charge in [0.1, 0.15) is 0 Å². The molecule has 2 rings (SSSR count). The highest BCUT2D eigenvalue weighted by molar-refractivity contribution is 9.11. The van der Waals surface area contributed by atoms with E-state index in [9.17, 15) is 4.57 Å². The fraction of sp³-hybridized carbons (Fsp3) is 0.778. The van der Waals surface area contributed by atoms with Gasteiger partial charge in [-0.15, -0.1) is 0 Å². The van der Waals surface area contributed by atoms with Crippen LogP contribution >= 0.6 is 23.1 Å². The Hall–Kier alpha value is 0.450. The number of hydrogen-bond donors (Lipinski definition) is 0. The number of allylic oxidation sites excluding steroid dienone is 2. The quantitative estimate of drug-likeness (QED) is 0.599. The van der Waals surface area contributed by atoms with Crippen molar-refractivity contribution in [1.29, 1.82) is 0 Å². The van der Waals surface area contributed by atoms with Crippen molar-refractivity contribution in [2.75, 3.05) is 12.8 Å². The fourth-order valence-corrected chi connectivity index (χ4v) is 7.19. The largest absolute Gasteiger partial charge is 0.323 e. The minimum atomic E-state index is -1.85. The van der Waals surface area contributed by atoms with Crippen LogP contribution in [0.15, 0.2) is 10.1 Å². The average molecular weight is 249 g/mol. The summed E-state index contributed by atoms with van der Waals surface area (Å²) in [7, 11) is -1.85. The van der Waals surface area contributed by atoms with Crippen molar-refractivity contribution in [3.05, 3.63) is 10.1 Å². The lowest BCUT2D eigenvalue weighted by Crippen LogP contribution is -2.12. The molecule has 0 bridgehead atoms. The van der Waals surface area contributed by atoms with Gasteiger partial charge in [-0.3, -0.25) is 0 Å². The van der Waals surface area contributed by atoms with Gasteiger partial charge in [0.25, 0.3) is 0 Å². The van der Waals surface area contributed by atoms with Crippen LogP contribution in [0.25, 0.3) is 0 Å². The van der Waals surface area contributed by atoms with Gasteiger partial charge in [-0.2, -0.15) is 0 Å². The standard InChI is InChI=1S/C9H14BrOP/c1-12(11)6-8(10)7-4-2-3-5-9(7)12/h9H,2-6H2,1H3/t9-,12-/m0/s1. The molecule has 0 amide bonds. The monoisotopic (exact) mass is 248 g/mol. The molecule has 2 aliphatic rings. The summed E-state index contributed by atoms with van der Waals surface area (Å²) in [5, 5.41) is 0. The second kappa shape index (κ2) is 2.99. The average Bonchev–Trinajstić information content (AvgIpc) is 2.25. The van der Waals surface area contributed by atoms with Crippen molar-refractivity contribution in [3.8, 4) is 0 Å². The minimum Gasteiger partial charge on any atom is -0.323 e. The maximum absolute atomic E-state index is 12.1. The van der Waals surface area contributed by atoms with Gasteiger partial charge in [0.15, 0.2) is 0 Å². The molecule has 3 heteroatoms. The Kier molecular flexibility index (Phi) is 2.25. The summed E-state index contributed by atoms with van der Waals surface area (Å²) in [4.78, 5) is 0. The minimum absolute atomic E-state index is 0.445. The second-order valence-electron chi connectivity index (χ2n) is 4.02. The van der Waals surface area contributed by atoms with Crippen molar-refractivity contribution in [2.45, 2.75) is 31.3 Å². The number of rotatable bonds is 0. The molecule has 1 heterocycles. The van der Waals surface area contributed by atoms with E-state index in [2.05, 4.69) is 15.9 Å². The molecule has 1 saturated carbocycles. The van der Waals surface area contributed by atoms with Crippen molar-refractivity contribution >= 4 is 23.1 Å². The number of halogens is 1. The Morgan fingerprint density at radius 1 is 1.50 bits per heavy atom. The molecule has 0 radical (unpaired) electrons. The van der Waals surface area contributed by atoms with E-state index in [-0.39, 0.29) is 0 Å². The lowest BCUT2D eigenvalue weighted by atomic mass is 9.94. The first-order valence-electron chi connectivity index (χ1n) is 4.55. The lowest BCUT2D eigenvalue weighted by Gasteiger charge is -2.24. The van der Waals surface area contributed by atoms with Crippen LogP contribution in [0.1, 0.15) is 25.7 Å². The summed E-state index contributed by atoms with van der Waals surface area (Å²) in [6, 6.07) is 0. The van der Waals surface area contributed by atoms with Crippen molar-refractivity contribution in [1.82, 2.24) is 0 Å². The first-order valence-corrected chi connectivity index (χ1v) is 7.75. The molecular formula is C9H14BrOP. The van der Waals surface area contributed by atoms with E-state index < -0.39 is 7.14 Å². The summed E-state index contributed by atoms with van der Waals surface area (Å²) >= 11 is 3.56. The van der Waals surface area contributed by atoms with Crippen molar-refractivity contribution in [2.24, 2.45) is 0 Å². The summed E-state index contributed by atoms with van der Waals surface area (Å²) < 4.78 is 13.4. The van der Waals surface area contributed by atoms with Crippen LogP contribution in [-0.2, 0) is 4.57 Å². The zero-order valence-electron chi connectivity index (χ0n) is 7.35. The maximum atomic E-state index is 12.1. The van der Waals surface area contributed by atoms with Gasteiger partial charge in [-0.25, -0.2) is 0 Å². The molecule has 0 spiro atoms. The van der Waals surface area contributed by atoms with E-state index in [1.54, 1.807) is 0 Å². The molecule has 1 aliphatic heterocycles. The predicted octanol–water partition coefficient (Wildman–Crippen LogP) is 3.58. The molecule has 0 aromatic rings. The van der Waals surface area contributed by atoms with Gasteiger partial charge in [0, 0.05) is 16.3 Å². The van der Waals surface area contributed by atoms with E-state index >= 15 is 0 Å². The van der Waals surface area contributed by atoms with Crippen LogP contribution in [0.5, 0.6) is 0 Å². The van der Waals surface area contributed by atoms with Crippen LogP contribution < -0.4 is 0 Å². The van der Waals surface area contributed by atoms with Crippen LogP contribution in [0, 0.1) is 0 Å². The Morgan fingerprint density at radius 3 is 2.92 bits per heavy atom. The zero-order chi connectivity index (χ0) is 8.77. The van der Waals surface area contributed by atoms with Crippen LogP contribution in [-0.4, -0.2) is 18.5 Å². The smallest absolute Gasteiger partial charge is 0.0963 e. The van der Waals surface area contributed by atoms with E-state index in [1.165, 1.54) is 29.3 Å². The summed E-state index contributed by atoms with van der Waals surface area (Å²) in [5.41, 5.74) is 1.92. The molecule has 1 aliphatic carbocycles. The van der Waals surface area contributed by atoms with Crippen molar-refractivity contribution < 1.29 is 4.57 Å². The summed E-state index contributed by atoms with van der Waals surface area (Å²) in [6.45, 7) is 1.97. The number of hydrogen-bond acceptors (Lipinski definition) is 1. The molecule has 0 unspecified atom stereocenters. The second-order valence-corrected chi connectivity index (χ2v) is 8.27. The molecule has 0 saturated heterocycles. The Balaban J connectivity index is 2.34. The first kappa shape index (κ1) is 9.02. The third-order valence-electron chi connectivity index (χ3n) is 3.04. The molecule has 1 fully saturated rings. The molecule has 0 aromatic carbocycles. The normalized spacial score (nSPS) is 41.7. The van der Waals surface area contributed by atoms with Crippen LogP contribution in [0.2, 0.25) is 0 Å². The molecule has 0 N–H and O–H groups in total. The summed E-state index contributed by atoms with van der Waals surface area (Å²) in [5.74, 6) is 0. The van der Waals surface area contributed by atoms with Gasteiger partial charge in [-0.05, 0) is 31.5 Å².